The Kier molecular flexibility index (Phi) is 3.59. The minimum atomic E-state index is -0.695. The zero-order valence-electron chi connectivity index (χ0n) is 10.4. The van der Waals surface area contributed by atoms with E-state index in [0.717, 1.165) is 6.07 Å². The predicted molar refractivity (Wildman–Crippen MR) is 76.5 cm³/mol. The van der Waals surface area contributed by atoms with Gasteiger partial charge in [0.2, 0.25) is 12.3 Å². The molecule has 0 aliphatic rings. The fourth-order valence-corrected chi connectivity index (χ4v) is 2.16. The van der Waals surface area contributed by atoms with Gasteiger partial charge in [-0.3, -0.25) is 9.54 Å². The normalized spacial score (nSPS) is 10.8. The Morgan fingerprint density at radius 2 is 2.14 bits per heavy atom. The van der Waals surface area contributed by atoms with Crippen molar-refractivity contribution in [2.24, 2.45) is 0 Å². The number of nitrogens with zero attached hydrogens (tertiary/aromatic N) is 1. The summed E-state index contributed by atoms with van der Waals surface area (Å²) in [5.41, 5.74) is 0.411. The summed E-state index contributed by atoms with van der Waals surface area (Å²) in [7, 11) is 0. The van der Waals surface area contributed by atoms with E-state index < -0.39 is 11.4 Å². The van der Waals surface area contributed by atoms with Gasteiger partial charge in [-0.2, -0.15) is 0 Å². The molecule has 0 saturated carbocycles. The molecule has 0 atom stereocenters. The molecule has 0 fully saturated rings. The van der Waals surface area contributed by atoms with Crippen LogP contribution in [-0.4, -0.2) is 9.54 Å². The third-order valence-corrected chi connectivity index (χ3v) is 3.16. The molecule has 2 aromatic heterocycles. The number of pyridine rings is 1. The SMILES string of the molecule is O=c1oc2ccncc2cc1-c1ccc(OSO)c(F)c1. The van der Waals surface area contributed by atoms with E-state index >= 15 is 0 Å². The predicted octanol–water partition coefficient (Wildman–Crippen LogP) is 3.49. The summed E-state index contributed by atoms with van der Waals surface area (Å²) in [6, 6.07) is 7.13. The second-order valence-electron chi connectivity index (χ2n) is 4.16. The number of rotatable bonds is 3. The monoisotopic (exact) mass is 305 g/mol. The van der Waals surface area contributed by atoms with Gasteiger partial charge in [0.25, 0.3) is 0 Å². The van der Waals surface area contributed by atoms with Crippen molar-refractivity contribution in [3.8, 4) is 16.9 Å². The van der Waals surface area contributed by atoms with E-state index in [1.165, 1.54) is 18.3 Å². The van der Waals surface area contributed by atoms with Gasteiger partial charge in [-0.15, -0.1) is 0 Å². The van der Waals surface area contributed by atoms with Crippen LogP contribution in [0.15, 0.2) is 51.9 Å². The first kappa shape index (κ1) is 13.6. The molecule has 1 N–H and O–H groups in total. The average molecular weight is 305 g/mol. The van der Waals surface area contributed by atoms with Gasteiger partial charge in [0.05, 0.1) is 5.56 Å². The lowest BCUT2D eigenvalue weighted by molar-refractivity contribution is 0.500. The van der Waals surface area contributed by atoms with E-state index in [1.54, 1.807) is 18.3 Å². The molecule has 0 saturated heterocycles. The number of hydrogen-bond donors (Lipinski definition) is 1. The molecule has 0 aliphatic heterocycles. The van der Waals surface area contributed by atoms with Crippen molar-refractivity contribution in [3.63, 3.8) is 0 Å². The molecular weight excluding hydrogens is 297 g/mol. The summed E-state index contributed by atoms with van der Waals surface area (Å²) in [4.78, 5) is 15.9. The Morgan fingerprint density at radius 3 is 2.90 bits per heavy atom. The molecule has 0 unspecified atom stereocenters. The van der Waals surface area contributed by atoms with Crippen LogP contribution in [0.3, 0.4) is 0 Å². The van der Waals surface area contributed by atoms with Crippen LogP contribution < -0.4 is 9.81 Å². The molecule has 106 valence electrons. The van der Waals surface area contributed by atoms with Crippen molar-refractivity contribution >= 4 is 23.3 Å². The maximum Gasteiger partial charge on any atom is 0.344 e. The van der Waals surface area contributed by atoms with Crippen molar-refractivity contribution in [2.75, 3.05) is 0 Å². The molecule has 0 spiro atoms. The van der Waals surface area contributed by atoms with Crippen LogP contribution in [0.1, 0.15) is 0 Å². The zero-order valence-corrected chi connectivity index (χ0v) is 11.3. The number of aromatic nitrogens is 1. The molecule has 0 aliphatic carbocycles. The first-order valence-corrected chi connectivity index (χ1v) is 6.55. The fourth-order valence-electron chi connectivity index (χ4n) is 1.94. The Bertz CT molecular complexity index is 865. The molecular formula is C14H8FNO4S. The lowest BCUT2D eigenvalue weighted by Crippen LogP contribution is -2.03. The zero-order chi connectivity index (χ0) is 14.8. The molecule has 0 radical (unpaired) electrons. The summed E-state index contributed by atoms with van der Waals surface area (Å²) in [5, 5.41) is 0.638. The van der Waals surface area contributed by atoms with Crippen molar-refractivity contribution in [1.29, 1.82) is 0 Å². The molecule has 0 amide bonds. The maximum absolute atomic E-state index is 13.8. The van der Waals surface area contributed by atoms with Crippen molar-refractivity contribution in [1.82, 2.24) is 4.98 Å². The number of halogens is 1. The highest BCUT2D eigenvalue weighted by Crippen LogP contribution is 2.27. The van der Waals surface area contributed by atoms with Gasteiger partial charge in [0, 0.05) is 17.8 Å². The number of hydrogen-bond acceptors (Lipinski definition) is 6. The van der Waals surface area contributed by atoms with Gasteiger partial charge in [-0.05, 0) is 29.8 Å². The molecule has 0 bridgehead atoms. The maximum atomic E-state index is 13.8. The quantitative estimate of drug-likeness (QED) is 0.747. The van der Waals surface area contributed by atoms with Gasteiger partial charge >= 0.3 is 5.63 Å². The molecule has 7 heteroatoms. The van der Waals surface area contributed by atoms with Crippen molar-refractivity contribution in [2.45, 2.75) is 0 Å². The summed E-state index contributed by atoms with van der Waals surface area (Å²) < 4.78 is 32.1. The van der Waals surface area contributed by atoms with Gasteiger partial charge in [0.1, 0.15) is 5.58 Å². The summed E-state index contributed by atoms with van der Waals surface area (Å²) >= 11 is 0.0471. The van der Waals surface area contributed by atoms with Crippen molar-refractivity contribution in [3.05, 3.63) is 59.0 Å². The van der Waals surface area contributed by atoms with E-state index in [1.807, 2.05) is 0 Å². The lowest BCUT2D eigenvalue weighted by Gasteiger charge is -2.05. The highest BCUT2D eigenvalue weighted by Gasteiger charge is 2.11. The average Bonchev–Trinajstić information content (AvgIpc) is 2.49. The molecule has 2 heterocycles. The van der Waals surface area contributed by atoms with E-state index in [-0.39, 0.29) is 23.6 Å². The second kappa shape index (κ2) is 5.55. The van der Waals surface area contributed by atoms with E-state index in [0.29, 0.717) is 16.5 Å². The van der Waals surface area contributed by atoms with Gasteiger partial charge < -0.3 is 8.60 Å². The van der Waals surface area contributed by atoms with Crippen LogP contribution in [0, 0.1) is 5.82 Å². The standard InChI is InChI=1S/C14H8FNO4S/c15-11-6-8(1-2-13(11)20-21-18)10-5-9-7-16-4-3-12(9)19-14(10)17/h1-7,18H. The van der Waals surface area contributed by atoms with E-state index in [4.69, 9.17) is 8.97 Å². The summed E-state index contributed by atoms with van der Waals surface area (Å²) in [5.74, 6) is -0.821. The Labute approximate surface area is 122 Å². The van der Waals surface area contributed by atoms with Crippen LogP contribution in [0.5, 0.6) is 5.75 Å². The summed E-state index contributed by atoms with van der Waals surface area (Å²) in [6.45, 7) is 0. The Balaban J connectivity index is 2.14. The minimum absolute atomic E-state index is 0.0471. The molecule has 5 nitrogen and oxygen atoms in total. The van der Waals surface area contributed by atoms with Crippen LogP contribution in [-0.2, 0) is 0 Å². The molecule has 3 rings (SSSR count). The van der Waals surface area contributed by atoms with Crippen LogP contribution >= 0.6 is 12.3 Å². The largest absolute Gasteiger partial charge is 0.422 e. The van der Waals surface area contributed by atoms with E-state index in [9.17, 15) is 9.18 Å². The first-order valence-electron chi connectivity index (χ1n) is 5.85. The van der Waals surface area contributed by atoms with E-state index in [2.05, 4.69) is 9.17 Å². The summed E-state index contributed by atoms with van der Waals surface area (Å²) in [6.07, 6.45) is 3.07. The van der Waals surface area contributed by atoms with Crippen LogP contribution in [0.4, 0.5) is 4.39 Å². The highest BCUT2D eigenvalue weighted by molar-refractivity contribution is 7.89. The third kappa shape index (κ3) is 2.61. The number of benzene rings is 1. The number of fused-ring (bicyclic) bond motifs is 1. The lowest BCUT2D eigenvalue weighted by atomic mass is 10.1. The van der Waals surface area contributed by atoms with Gasteiger partial charge in [0.15, 0.2) is 11.6 Å². The fraction of sp³-hybridized carbons (Fsp3) is 0. The molecule has 1 aromatic carbocycles. The third-order valence-electron chi connectivity index (χ3n) is 2.90. The molecule has 3 aromatic rings. The topological polar surface area (TPSA) is 72.6 Å². The second-order valence-corrected chi connectivity index (χ2v) is 4.48. The Morgan fingerprint density at radius 1 is 1.29 bits per heavy atom. The smallest absolute Gasteiger partial charge is 0.344 e. The first-order chi connectivity index (χ1) is 10.2. The van der Waals surface area contributed by atoms with Crippen LogP contribution in [0.25, 0.3) is 22.1 Å². The van der Waals surface area contributed by atoms with Gasteiger partial charge in [-0.25, -0.2) is 9.18 Å². The molecule has 21 heavy (non-hydrogen) atoms. The van der Waals surface area contributed by atoms with Gasteiger partial charge in [-0.1, -0.05) is 6.07 Å². The highest BCUT2D eigenvalue weighted by atomic mass is 32.2. The minimum Gasteiger partial charge on any atom is -0.422 e. The van der Waals surface area contributed by atoms with Crippen LogP contribution in [0.2, 0.25) is 0 Å². The Hall–Kier alpha value is -2.38. The van der Waals surface area contributed by atoms with Crippen molar-refractivity contribution < 1.29 is 17.5 Å².